The van der Waals surface area contributed by atoms with Crippen LogP contribution < -0.4 is 15.5 Å². The van der Waals surface area contributed by atoms with E-state index in [4.69, 9.17) is 19.4 Å². The first-order valence-corrected chi connectivity index (χ1v) is 9.53. The van der Waals surface area contributed by atoms with E-state index in [0.29, 0.717) is 11.3 Å². The highest BCUT2D eigenvalue weighted by atomic mass is 16.6. The van der Waals surface area contributed by atoms with E-state index >= 15 is 0 Å². The molecule has 9 nitrogen and oxygen atoms in total. The lowest BCUT2D eigenvalue weighted by Crippen LogP contribution is -2.28. The number of phenols is 1. The number of methoxy groups -OCH3 is 1. The van der Waals surface area contributed by atoms with Crippen LogP contribution >= 0.6 is 0 Å². The monoisotopic (exact) mass is 430 g/mol. The maximum absolute atomic E-state index is 12.6. The van der Waals surface area contributed by atoms with E-state index in [1.165, 1.54) is 30.8 Å². The van der Waals surface area contributed by atoms with Crippen LogP contribution in [0, 0.1) is 6.92 Å². The number of ether oxygens (including phenoxy) is 3. The second-order valence-corrected chi connectivity index (χ2v) is 6.50. The van der Waals surface area contributed by atoms with Crippen LogP contribution in [0.15, 0.2) is 54.6 Å². The molecule has 4 N–H and O–H groups in total. The van der Waals surface area contributed by atoms with Gasteiger partial charge in [-0.25, -0.2) is 10.3 Å². The Labute approximate surface area is 180 Å². The summed E-state index contributed by atoms with van der Waals surface area (Å²) in [5.41, 5.74) is 3.47. The van der Waals surface area contributed by atoms with Gasteiger partial charge >= 0.3 is 6.09 Å². The second-order valence-electron chi connectivity index (χ2n) is 6.50. The van der Waals surface area contributed by atoms with Crippen LogP contribution in [0.5, 0.6) is 11.5 Å². The Kier molecular flexibility index (Phi) is 8.86. The third kappa shape index (κ3) is 7.02. The van der Waals surface area contributed by atoms with Crippen molar-refractivity contribution in [3.63, 3.8) is 0 Å². The Balaban J connectivity index is 2.33. The molecule has 0 fully saturated rings. The maximum atomic E-state index is 12.6. The lowest BCUT2D eigenvalue weighted by Gasteiger charge is -2.25. The molecular weight excluding hydrogens is 404 g/mol. The highest BCUT2D eigenvalue weighted by molar-refractivity contribution is 5.86. The van der Waals surface area contributed by atoms with Crippen molar-refractivity contribution in [2.75, 3.05) is 19.0 Å². The fourth-order valence-electron chi connectivity index (χ4n) is 2.76. The summed E-state index contributed by atoms with van der Waals surface area (Å²) in [5.74, 6) is -0.681. The van der Waals surface area contributed by atoms with Crippen LogP contribution in [-0.4, -0.2) is 42.1 Å². The minimum atomic E-state index is -1.02. The van der Waals surface area contributed by atoms with Gasteiger partial charge in [0.05, 0.1) is 7.11 Å². The Morgan fingerprint density at radius 3 is 2.45 bits per heavy atom. The van der Waals surface area contributed by atoms with Crippen molar-refractivity contribution in [3.8, 4) is 11.5 Å². The predicted molar refractivity (Wildman–Crippen MR) is 113 cm³/mol. The van der Waals surface area contributed by atoms with E-state index in [1.54, 1.807) is 25.1 Å². The lowest BCUT2D eigenvalue weighted by atomic mass is 10.0. The highest BCUT2D eigenvalue weighted by Crippen LogP contribution is 2.33. The summed E-state index contributed by atoms with van der Waals surface area (Å²) in [4.78, 5) is 24.0. The second kappa shape index (κ2) is 11.6. The SMILES string of the molecule is CCO[C@H](/C=C/C(=O)NO)[C@H](OC(=O)Nc1ccc(C)cc1)c1ccc(OC)c(O)c1. The molecule has 166 valence electrons. The maximum Gasteiger partial charge on any atom is 0.412 e. The molecule has 0 radical (unpaired) electrons. The first kappa shape index (κ1) is 23.7. The van der Waals surface area contributed by atoms with Gasteiger partial charge in [-0.05, 0) is 49.8 Å². The molecule has 0 unspecified atom stereocenters. The minimum absolute atomic E-state index is 0.153. The molecule has 0 aliphatic rings. The van der Waals surface area contributed by atoms with E-state index in [9.17, 15) is 14.7 Å². The van der Waals surface area contributed by atoms with Gasteiger partial charge in [0.1, 0.15) is 6.10 Å². The van der Waals surface area contributed by atoms with Gasteiger partial charge in [-0.1, -0.05) is 23.8 Å². The van der Waals surface area contributed by atoms with Crippen molar-refractivity contribution < 1.29 is 34.1 Å². The standard InChI is InChI=1S/C22H26N2O7/c1-4-30-19(11-12-20(26)24-28)21(15-7-10-18(29-3)17(25)13-15)31-22(27)23-16-8-5-14(2)6-9-16/h5-13,19,21,25,28H,4H2,1-3H3,(H,23,27)(H,24,26)/b12-11+/t19-,21-/m1/s1. The number of aryl methyl sites for hydroxylation is 1. The zero-order valence-electron chi connectivity index (χ0n) is 17.5. The fourth-order valence-corrected chi connectivity index (χ4v) is 2.76. The number of amides is 2. The molecule has 0 heterocycles. The van der Waals surface area contributed by atoms with E-state index in [1.807, 2.05) is 19.1 Å². The fraction of sp³-hybridized carbons (Fsp3) is 0.273. The summed E-state index contributed by atoms with van der Waals surface area (Å²) in [6, 6.07) is 11.7. The first-order valence-electron chi connectivity index (χ1n) is 9.53. The van der Waals surface area contributed by atoms with Crippen LogP contribution in [0.2, 0.25) is 0 Å². The number of hydrogen-bond donors (Lipinski definition) is 4. The van der Waals surface area contributed by atoms with E-state index in [-0.39, 0.29) is 18.1 Å². The average Bonchev–Trinajstić information content (AvgIpc) is 2.76. The Morgan fingerprint density at radius 1 is 1.16 bits per heavy atom. The molecule has 2 aromatic rings. The van der Waals surface area contributed by atoms with Gasteiger partial charge in [0.25, 0.3) is 5.91 Å². The number of rotatable bonds is 9. The molecule has 2 amide bonds. The van der Waals surface area contributed by atoms with Gasteiger partial charge in [0.2, 0.25) is 0 Å². The van der Waals surface area contributed by atoms with Crippen molar-refractivity contribution in [2.45, 2.75) is 26.1 Å². The summed E-state index contributed by atoms with van der Waals surface area (Å²) < 4.78 is 16.3. The van der Waals surface area contributed by atoms with E-state index in [2.05, 4.69) is 5.32 Å². The molecule has 0 aliphatic heterocycles. The molecule has 0 spiro atoms. The molecule has 2 aromatic carbocycles. The highest BCUT2D eigenvalue weighted by Gasteiger charge is 2.27. The zero-order chi connectivity index (χ0) is 22.8. The predicted octanol–water partition coefficient (Wildman–Crippen LogP) is 3.47. The Morgan fingerprint density at radius 2 is 1.87 bits per heavy atom. The minimum Gasteiger partial charge on any atom is -0.504 e. The van der Waals surface area contributed by atoms with Gasteiger partial charge in [0.15, 0.2) is 17.6 Å². The third-order valence-electron chi connectivity index (χ3n) is 4.27. The van der Waals surface area contributed by atoms with Gasteiger partial charge in [0, 0.05) is 18.4 Å². The van der Waals surface area contributed by atoms with Crippen LogP contribution in [0.25, 0.3) is 0 Å². The van der Waals surface area contributed by atoms with Crippen LogP contribution in [0.4, 0.5) is 10.5 Å². The topological polar surface area (TPSA) is 126 Å². The smallest absolute Gasteiger partial charge is 0.412 e. The number of carbonyl (C=O) groups excluding carboxylic acids is 2. The first-order chi connectivity index (χ1) is 14.9. The number of hydroxylamine groups is 1. The summed E-state index contributed by atoms with van der Waals surface area (Å²) in [7, 11) is 1.41. The number of hydrogen-bond acceptors (Lipinski definition) is 7. The van der Waals surface area contributed by atoms with Gasteiger partial charge in [-0.15, -0.1) is 0 Å². The number of anilines is 1. The van der Waals surface area contributed by atoms with Crippen molar-refractivity contribution >= 4 is 17.7 Å². The van der Waals surface area contributed by atoms with E-state index in [0.717, 1.165) is 11.6 Å². The molecule has 0 saturated carbocycles. The number of benzene rings is 2. The summed E-state index contributed by atoms with van der Waals surface area (Å²) in [5, 5.41) is 21.5. The van der Waals surface area contributed by atoms with Gasteiger partial charge < -0.3 is 19.3 Å². The number of nitrogens with one attached hydrogen (secondary N) is 2. The molecule has 2 rings (SSSR count). The zero-order valence-corrected chi connectivity index (χ0v) is 17.5. The number of carbonyl (C=O) groups is 2. The normalized spacial score (nSPS) is 12.8. The lowest BCUT2D eigenvalue weighted by molar-refractivity contribution is -0.124. The summed E-state index contributed by atoms with van der Waals surface area (Å²) >= 11 is 0. The van der Waals surface area contributed by atoms with Crippen molar-refractivity contribution in [1.82, 2.24) is 5.48 Å². The Bertz CT molecular complexity index is 913. The largest absolute Gasteiger partial charge is 0.504 e. The summed E-state index contributed by atoms with van der Waals surface area (Å²) in [6.07, 6.45) is -0.268. The number of aromatic hydroxyl groups is 1. The van der Waals surface area contributed by atoms with E-state index < -0.39 is 24.2 Å². The van der Waals surface area contributed by atoms with Crippen molar-refractivity contribution in [3.05, 3.63) is 65.7 Å². The molecule has 0 saturated heterocycles. The summed E-state index contributed by atoms with van der Waals surface area (Å²) in [6.45, 7) is 3.91. The van der Waals surface area contributed by atoms with Crippen LogP contribution in [-0.2, 0) is 14.3 Å². The van der Waals surface area contributed by atoms with Gasteiger partial charge in [-0.3, -0.25) is 15.3 Å². The molecular formula is C22H26N2O7. The van der Waals surface area contributed by atoms with Crippen molar-refractivity contribution in [2.24, 2.45) is 0 Å². The molecule has 0 aliphatic carbocycles. The number of phenolic OH excluding ortho intramolecular Hbond substituents is 1. The molecule has 2 atom stereocenters. The molecule has 31 heavy (non-hydrogen) atoms. The molecule has 0 aromatic heterocycles. The van der Waals surface area contributed by atoms with Crippen LogP contribution in [0.1, 0.15) is 24.2 Å². The average molecular weight is 430 g/mol. The van der Waals surface area contributed by atoms with Crippen LogP contribution in [0.3, 0.4) is 0 Å². The Hall–Kier alpha value is -3.56. The molecule has 9 heteroatoms. The van der Waals surface area contributed by atoms with Crippen molar-refractivity contribution in [1.29, 1.82) is 0 Å². The third-order valence-corrected chi connectivity index (χ3v) is 4.27. The quantitative estimate of drug-likeness (QED) is 0.273. The molecule has 0 bridgehead atoms. The van der Waals surface area contributed by atoms with Gasteiger partial charge in [-0.2, -0.15) is 0 Å².